The highest BCUT2D eigenvalue weighted by molar-refractivity contribution is 6.30. The molecule has 2 aromatic carbocycles. The van der Waals surface area contributed by atoms with Crippen LogP contribution < -0.4 is 10.6 Å². The summed E-state index contributed by atoms with van der Waals surface area (Å²) in [5, 5.41) is 0.745. The summed E-state index contributed by atoms with van der Waals surface area (Å²) in [6.45, 7) is 4.77. The quantitative estimate of drug-likeness (QED) is 0.918. The van der Waals surface area contributed by atoms with Crippen molar-refractivity contribution in [3.05, 3.63) is 64.2 Å². The minimum absolute atomic E-state index is 0.120. The first-order chi connectivity index (χ1) is 9.51. The van der Waals surface area contributed by atoms with Gasteiger partial charge in [0.05, 0.1) is 6.04 Å². The van der Waals surface area contributed by atoms with E-state index in [-0.39, 0.29) is 6.04 Å². The fourth-order valence-electron chi connectivity index (χ4n) is 2.57. The van der Waals surface area contributed by atoms with Gasteiger partial charge in [-0.3, -0.25) is 0 Å². The van der Waals surface area contributed by atoms with Gasteiger partial charge in [0, 0.05) is 24.3 Å². The van der Waals surface area contributed by atoms with Gasteiger partial charge >= 0.3 is 0 Å². The predicted octanol–water partition coefficient (Wildman–Crippen LogP) is 4.09. The average molecular weight is 289 g/mol. The molecule has 3 heteroatoms. The maximum atomic E-state index is 6.09. The fourth-order valence-corrected chi connectivity index (χ4v) is 2.76. The normalized spacial score (nSPS) is 12.2. The van der Waals surface area contributed by atoms with E-state index in [1.807, 2.05) is 18.2 Å². The lowest BCUT2D eigenvalue weighted by Crippen LogP contribution is -2.30. The van der Waals surface area contributed by atoms with E-state index in [2.05, 4.69) is 50.1 Å². The first-order valence-corrected chi connectivity index (χ1v) is 7.15. The summed E-state index contributed by atoms with van der Waals surface area (Å²) in [5.74, 6) is 0. The first-order valence-electron chi connectivity index (χ1n) is 6.78. The van der Waals surface area contributed by atoms with Gasteiger partial charge in [-0.1, -0.05) is 29.8 Å². The van der Waals surface area contributed by atoms with E-state index in [9.17, 15) is 0 Å². The molecular formula is C17H21ClN2. The van der Waals surface area contributed by atoms with Crippen molar-refractivity contribution in [1.82, 2.24) is 0 Å². The lowest BCUT2D eigenvalue weighted by molar-refractivity contribution is 0.680. The second-order valence-corrected chi connectivity index (χ2v) is 5.70. The van der Waals surface area contributed by atoms with E-state index in [0.29, 0.717) is 6.54 Å². The molecule has 1 atom stereocenters. The predicted molar refractivity (Wildman–Crippen MR) is 87.6 cm³/mol. The Hall–Kier alpha value is -1.51. The second kappa shape index (κ2) is 6.29. The van der Waals surface area contributed by atoms with Gasteiger partial charge in [-0.15, -0.1) is 0 Å². The molecule has 0 aromatic heterocycles. The Balaban J connectivity index is 2.35. The highest BCUT2D eigenvalue weighted by atomic mass is 35.5. The number of benzene rings is 2. The van der Waals surface area contributed by atoms with Gasteiger partial charge in [0.25, 0.3) is 0 Å². The largest absolute Gasteiger partial charge is 0.366 e. The molecule has 2 N–H and O–H groups in total. The smallest absolute Gasteiger partial charge is 0.0662 e. The number of nitrogens with zero attached hydrogens (tertiary/aromatic N) is 1. The molecular weight excluding hydrogens is 268 g/mol. The van der Waals surface area contributed by atoms with E-state index in [1.54, 1.807) is 0 Å². The molecule has 0 aliphatic heterocycles. The molecule has 1 unspecified atom stereocenters. The van der Waals surface area contributed by atoms with Crippen molar-refractivity contribution < 1.29 is 0 Å². The number of anilines is 1. The average Bonchev–Trinajstić information content (AvgIpc) is 2.38. The summed E-state index contributed by atoms with van der Waals surface area (Å²) < 4.78 is 0. The molecule has 0 radical (unpaired) electrons. The van der Waals surface area contributed by atoms with E-state index in [4.69, 9.17) is 17.3 Å². The Kier molecular flexibility index (Phi) is 4.69. The van der Waals surface area contributed by atoms with Crippen LogP contribution in [0.15, 0.2) is 42.5 Å². The summed E-state index contributed by atoms with van der Waals surface area (Å²) in [7, 11) is 2.08. The Labute approximate surface area is 126 Å². The van der Waals surface area contributed by atoms with E-state index in [1.165, 1.54) is 16.8 Å². The molecule has 0 amide bonds. The van der Waals surface area contributed by atoms with Crippen molar-refractivity contribution in [2.24, 2.45) is 5.73 Å². The van der Waals surface area contributed by atoms with Crippen LogP contribution >= 0.6 is 11.6 Å². The molecule has 2 aromatic rings. The lowest BCUT2D eigenvalue weighted by Gasteiger charge is -2.30. The summed E-state index contributed by atoms with van der Waals surface area (Å²) in [6, 6.07) is 14.6. The Bertz CT molecular complexity index is 575. The van der Waals surface area contributed by atoms with Crippen LogP contribution in [0.4, 0.5) is 5.69 Å². The number of hydrogen-bond acceptors (Lipinski definition) is 2. The first kappa shape index (κ1) is 14.9. The van der Waals surface area contributed by atoms with Crippen molar-refractivity contribution >= 4 is 17.3 Å². The molecule has 106 valence electrons. The Morgan fingerprint density at radius 3 is 2.30 bits per heavy atom. The molecule has 0 aliphatic carbocycles. The van der Waals surface area contributed by atoms with Crippen molar-refractivity contribution in [2.75, 3.05) is 18.5 Å². The minimum atomic E-state index is 0.120. The van der Waals surface area contributed by atoms with Gasteiger partial charge in [-0.05, 0) is 54.8 Å². The Morgan fingerprint density at radius 1 is 1.10 bits per heavy atom. The number of likely N-dealkylation sites (N-methyl/N-ethyl adjacent to an activating group) is 1. The van der Waals surface area contributed by atoms with E-state index in [0.717, 1.165) is 10.6 Å². The van der Waals surface area contributed by atoms with Gasteiger partial charge in [-0.25, -0.2) is 0 Å². The van der Waals surface area contributed by atoms with E-state index < -0.39 is 0 Å². The summed E-state index contributed by atoms with van der Waals surface area (Å²) in [6.07, 6.45) is 0. The third-order valence-electron chi connectivity index (χ3n) is 3.54. The standard InChI is InChI=1S/C17H21ClN2/c1-12-7-13(2)9-16(8-12)20(3)17(11-19)14-5-4-6-15(18)10-14/h4-10,17H,11,19H2,1-3H3. The molecule has 0 spiro atoms. The van der Waals surface area contributed by atoms with Gasteiger partial charge in [0.15, 0.2) is 0 Å². The van der Waals surface area contributed by atoms with Crippen LogP contribution in [0.2, 0.25) is 5.02 Å². The van der Waals surface area contributed by atoms with Crippen LogP contribution in [0, 0.1) is 13.8 Å². The third-order valence-corrected chi connectivity index (χ3v) is 3.77. The zero-order chi connectivity index (χ0) is 14.7. The van der Waals surface area contributed by atoms with Crippen LogP contribution in [0.1, 0.15) is 22.7 Å². The van der Waals surface area contributed by atoms with Crippen LogP contribution in [-0.4, -0.2) is 13.6 Å². The zero-order valence-corrected chi connectivity index (χ0v) is 13.0. The highest BCUT2D eigenvalue weighted by Gasteiger charge is 2.16. The number of rotatable bonds is 4. The van der Waals surface area contributed by atoms with E-state index >= 15 is 0 Å². The number of nitrogens with two attached hydrogens (primary N) is 1. The van der Waals surface area contributed by atoms with Crippen molar-refractivity contribution in [3.8, 4) is 0 Å². The second-order valence-electron chi connectivity index (χ2n) is 5.26. The number of hydrogen-bond donors (Lipinski definition) is 1. The molecule has 2 nitrogen and oxygen atoms in total. The molecule has 0 saturated carbocycles. The lowest BCUT2D eigenvalue weighted by atomic mass is 10.0. The summed E-state index contributed by atoms with van der Waals surface area (Å²) in [4.78, 5) is 2.21. The van der Waals surface area contributed by atoms with Crippen LogP contribution in [-0.2, 0) is 0 Å². The van der Waals surface area contributed by atoms with Gasteiger partial charge in [0.2, 0.25) is 0 Å². The Morgan fingerprint density at radius 2 is 1.75 bits per heavy atom. The van der Waals surface area contributed by atoms with Crippen molar-refractivity contribution in [1.29, 1.82) is 0 Å². The van der Waals surface area contributed by atoms with Gasteiger partial charge in [0.1, 0.15) is 0 Å². The minimum Gasteiger partial charge on any atom is -0.366 e. The molecule has 0 bridgehead atoms. The van der Waals surface area contributed by atoms with Crippen molar-refractivity contribution in [2.45, 2.75) is 19.9 Å². The molecule has 20 heavy (non-hydrogen) atoms. The van der Waals surface area contributed by atoms with Crippen LogP contribution in [0.5, 0.6) is 0 Å². The number of halogens is 1. The molecule has 2 rings (SSSR count). The molecule has 0 heterocycles. The zero-order valence-electron chi connectivity index (χ0n) is 12.2. The molecule has 0 aliphatic rings. The highest BCUT2D eigenvalue weighted by Crippen LogP contribution is 2.27. The van der Waals surface area contributed by atoms with Crippen LogP contribution in [0.3, 0.4) is 0 Å². The maximum absolute atomic E-state index is 6.09. The molecule has 0 saturated heterocycles. The van der Waals surface area contributed by atoms with Crippen molar-refractivity contribution in [3.63, 3.8) is 0 Å². The third kappa shape index (κ3) is 3.33. The SMILES string of the molecule is Cc1cc(C)cc(N(C)C(CN)c2cccc(Cl)c2)c1. The monoisotopic (exact) mass is 288 g/mol. The van der Waals surface area contributed by atoms with Gasteiger partial charge in [-0.2, -0.15) is 0 Å². The van der Waals surface area contributed by atoms with Gasteiger partial charge < -0.3 is 10.6 Å². The number of aryl methyl sites for hydroxylation is 2. The van der Waals surface area contributed by atoms with Crippen LogP contribution in [0.25, 0.3) is 0 Å². The fraction of sp³-hybridized carbons (Fsp3) is 0.294. The maximum Gasteiger partial charge on any atom is 0.0662 e. The summed E-state index contributed by atoms with van der Waals surface area (Å²) in [5.41, 5.74) is 10.8. The summed E-state index contributed by atoms with van der Waals surface area (Å²) >= 11 is 6.09. The molecule has 0 fully saturated rings. The topological polar surface area (TPSA) is 29.3 Å².